The molecule has 3 nitrogen and oxygen atoms in total. The third kappa shape index (κ3) is 4.87. The van der Waals surface area contributed by atoms with Crippen molar-refractivity contribution >= 4 is 11.6 Å². The molecule has 1 aliphatic rings. The molecule has 0 spiro atoms. The Labute approximate surface area is 122 Å². The lowest BCUT2D eigenvalue weighted by molar-refractivity contribution is -0.118. The largest absolute Gasteiger partial charge is 0.372 e. The average molecular weight is 274 g/mol. The number of amides is 1. The fourth-order valence-electron chi connectivity index (χ4n) is 2.83. The van der Waals surface area contributed by atoms with Crippen LogP contribution in [0.1, 0.15) is 50.5 Å². The van der Waals surface area contributed by atoms with Gasteiger partial charge < -0.3 is 10.6 Å². The molecular formula is C17H26N2O. The van der Waals surface area contributed by atoms with Gasteiger partial charge in [0.25, 0.3) is 0 Å². The molecule has 1 amide bonds. The summed E-state index contributed by atoms with van der Waals surface area (Å²) in [6.45, 7) is 2.40. The molecule has 20 heavy (non-hydrogen) atoms. The molecule has 1 aromatic carbocycles. The predicted octanol–water partition coefficient (Wildman–Crippen LogP) is 3.27. The molecule has 0 atom stereocenters. The van der Waals surface area contributed by atoms with Crippen molar-refractivity contribution in [1.29, 1.82) is 0 Å². The summed E-state index contributed by atoms with van der Waals surface area (Å²) >= 11 is 0. The number of piperidine rings is 1. The first-order chi connectivity index (χ1) is 9.75. The van der Waals surface area contributed by atoms with E-state index in [0.29, 0.717) is 6.42 Å². The molecule has 1 aliphatic heterocycles. The van der Waals surface area contributed by atoms with Crippen molar-refractivity contribution in [2.24, 2.45) is 5.73 Å². The van der Waals surface area contributed by atoms with Crippen molar-refractivity contribution in [2.45, 2.75) is 51.4 Å². The summed E-state index contributed by atoms with van der Waals surface area (Å²) in [5.74, 6) is -0.184. The van der Waals surface area contributed by atoms with Gasteiger partial charge in [0.05, 0.1) is 0 Å². The number of primary amides is 1. The Balaban J connectivity index is 1.72. The van der Waals surface area contributed by atoms with E-state index in [2.05, 4.69) is 29.2 Å². The lowest BCUT2D eigenvalue weighted by Crippen LogP contribution is -2.29. The second kappa shape index (κ2) is 7.93. The fraction of sp³-hybridized carbons (Fsp3) is 0.588. The van der Waals surface area contributed by atoms with Crippen LogP contribution in [-0.2, 0) is 11.2 Å². The first-order valence-electron chi connectivity index (χ1n) is 7.88. The lowest BCUT2D eigenvalue weighted by Gasteiger charge is -2.28. The van der Waals surface area contributed by atoms with E-state index in [-0.39, 0.29) is 5.91 Å². The number of anilines is 1. The van der Waals surface area contributed by atoms with Crippen LogP contribution in [-0.4, -0.2) is 19.0 Å². The zero-order valence-electron chi connectivity index (χ0n) is 12.3. The van der Waals surface area contributed by atoms with Gasteiger partial charge in [-0.3, -0.25) is 4.79 Å². The minimum Gasteiger partial charge on any atom is -0.372 e. The predicted molar refractivity (Wildman–Crippen MR) is 83.9 cm³/mol. The van der Waals surface area contributed by atoms with Crippen molar-refractivity contribution in [3.05, 3.63) is 29.8 Å². The van der Waals surface area contributed by atoms with Crippen molar-refractivity contribution in [3.63, 3.8) is 0 Å². The van der Waals surface area contributed by atoms with Gasteiger partial charge in [-0.15, -0.1) is 0 Å². The number of nitrogens with zero attached hydrogens (tertiary/aromatic N) is 1. The molecule has 1 aromatic rings. The highest BCUT2D eigenvalue weighted by Crippen LogP contribution is 2.20. The Kier molecular flexibility index (Phi) is 5.90. The normalized spacial score (nSPS) is 15.3. The van der Waals surface area contributed by atoms with Gasteiger partial charge in [-0.25, -0.2) is 0 Å². The third-order valence-electron chi connectivity index (χ3n) is 4.05. The van der Waals surface area contributed by atoms with E-state index in [0.717, 1.165) is 25.7 Å². The summed E-state index contributed by atoms with van der Waals surface area (Å²) in [5, 5.41) is 0. The Morgan fingerprint density at radius 2 is 1.70 bits per heavy atom. The van der Waals surface area contributed by atoms with Gasteiger partial charge in [-0.1, -0.05) is 18.6 Å². The van der Waals surface area contributed by atoms with E-state index in [4.69, 9.17) is 5.73 Å². The number of unbranched alkanes of at least 4 members (excludes halogenated alkanes) is 2. The molecule has 1 heterocycles. The first-order valence-corrected chi connectivity index (χ1v) is 7.88. The SMILES string of the molecule is NC(=O)CCCCCc1ccc(N2CCCCC2)cc1. The Hall–Kier alpha value is -1.51. The van der Waals surface area contributed by atoms with Crippen molar-refractivity contribution in [2.75, 3.05) is 18.0 Å². The zero-order valence-corrected chi connectivity index (χ0v) is 12.3. The second-order valence-electron chi connectivity index (χ2n) is 5.74. The van der Waals surface area contributed by atoms with E-state index in [1.54, 1.807) is 0 Å². The number of carbonyl (C=O) groups excluding carboxylic acids is 1. The highest BCUT2D eigenvalue weighted by Gasteiger charge is 2.10. The summed E-state index contributed by atoms with van der Waals surface area (Å²) in [5.41, 5.74) is 7.89. The van der Waals surface area contributed by atoms with Crippen LogP contribution in [0, 0.1) is 0 Å². The Bertz CT molecular complexity index is 408. The smallest absolute Gasteiger partial charge is 0.217 e. The van der Waals surface area contributed by atoms with E-state index in [1.165, 1.54) is 43.6 Å². The van der Waals surface area contributed by atoms with Gasteiger partial charge in [0, 0.05) is 25.2 Å². The molecule has 0 aromatic heterocycles. The second-order valence-corrected chi connectivity index (χ2v) is 5.74. The number of hydrogen-bond donors (Lipinski definition) is 1. The maximum atomic E-state index is 10.6. The van der Waals surface area contributed by atoms with Crippen molar-refractivity contribution < 1.29 is 4.79 Å². The summed E-state index contributed by atoms with van der Waals surface area (Å²) < 4.78 is 0. The topological polar surface area (TPSA) is 46.3 Å². The average Bonchev–Trinajstić information content (AvgIpc) is 2.48. The fourth-order valence-corrected chi connectivity index (χ4v) is 2.83. The standard InChI is InChI=1S/C17H26N2O/c18-17(20)8-4-1-3-7-15-9-11-16(12-10-15)19-13-5-2-6-14-19/h9-12H,1-8,13-14H2,(H2,18,20). The monoisotopic (exact) mass is 274 g/mol. The number of hydrogen-bond acceptors (Lipinski definition) is 2. The summed E-state index contributed by atoms with van der Waals surface area (Å²) in [4.78, 5) is 13.1. The zero-order chi connectivity index (χ0) is 14.2. The van der Waals surface area contributed by atoms with Gasteiger partial charge >= 0.3 is 0 Å². The van der Waals surface area contributed by atoms with E-state index < -0.39 is 0 Å². The quantitative estimate of drug-likeness (QED) is 0.776. The number of benzene rings is 1. The maximum absolute atomic E-state index is 10.6. The Morgan fingerprint density at radius 3 is 2.35 bits per heavy atom. The minimum atomic E-state index is -0.184. The van der Waals surface area contributed by atoms with Crippen LogP contribution in [0.15, 0.2) is 24.3 Å². The van der Waals surface area contributed by atoms with E-state index in [1.807, 2.05) is 0 Å². The highest BCUT2D eigenvalue weighted by atomic mass is 16.1. The summed E-state index contributed by atoms with van der Waals surface area (Å²) in [6.07, 6.45) is 8.77. The molecular weight excluding hydrogens is 248 g/mol. The van der Waals surface area contributed by atoms with Crippen molar-refractivity contribution in [3.8, 4) is 0 Å². The third-order valence-corrected chi connectivity index (χ3v) is 4.05. The molecule has 1 saturated heterocycles. The molecule has 0 saturated carbocycles. The van der Waals surface area contributed by atoms with E-state index >= 15 is 0 Å². The molecule has 0 bridgehead atoms. The van der Waals surface area contributed by atoms with Crippen molar-refractivity contribution in [1.82, 2.24) is 0 Å². The van der Waals surface area contributed by atoms with Gasteiger partial charge in [0.1, 0.15) is 0 Å². The summed E-state index contributed by atoms with van der Waals surface area (Å²) in [6, 6.07) is 9.00. The number of carbonyl (C=O) groups is 1. The molecule has 0 radical (unpaired) electrons. The summed E-state index contributed by atoms with van der Waals surface area (Å²) in [7, 11) is 0. The maximum Gasteiger partial charge on any atom is 0.217 e. The van der Waals surface area contributed by atoms with Gasteiger partial charge in [0.2, 0.25) is 5.91 Å². The lowest BCUT2D eigenvalue weighted by atomic mass is 10.0. The van der Waals surface area contributed by atoms with Crippen LogP contribution in [0.5, 0.6) is 0 Å². The molecule has 1 fully saturated rings. The van der Waals surface area contributed by atoms with Crippen LogP contribution in [0.3, 0.4) is 0 Å². The minimum absolute atomic E-state index is 0.184. The molecule has 110 valence electrons. The first kappa shape index (κ1) is 14.9. The molecule has 2 N–H and O–H groups in total. The molecule has 3 heteroatoms. The molecule has 2 rings (SSSR count). The van der Waals surface area contributed by atoms with Crippen LogP contribution in [0.2, 0.25) is 0 Å². The van der Waals surface area contributed by atoms with Gasteiger partial charge in [0.15, 0.2) is 0 Å². The number of nitrogens with two attached hydrogens (primary N) is 1. The van der Waals surface area contributed by atoms with Crippen LogP contribution in [0.4, 0.5) is 5.69 Å². The molecule has 0 aliphatic carbocycles. The van der Waals surface area contributed by atoms with Crippen LogP contribution < -0.4 is 10.6 Å². The number of rotatable bonds is 7. The van der Waals surface area contributed by atoms with Gasteiger partial charge in [-0.2, -0.15) is 0 Å². The Morgan fingerprint density at radius 1 is 1.00 bits per heavy atom. The molecule has 0 unspecified atom stereocenters. The number of aryl methyl sites for hydroxylation is 1. The van der Waals surface area contributed by atoms with Gasteiger partial charge in [-0.05, 0) is 56.2 Å². The van der Waals surface area contributed by atoms with E-state index in [9.17, 15) is 4.79 Å². The van der Waals surface area contributed by atoms with Crippen LogP contribution in [0.25, 0.3) is 0 Å². The van der Waals surface area contributed by atoms with Crippen LogP contribution >= 0.6 is 0 Å². The highest BCUT2D eigenvalue weighted by molar-refractivity contribution is 5.73.